The van der Waals surface area contributed by atoms with Crippen LogP contribution in [0.4, 0.5) is 0 Å². The maximum absolute atomic E-state index is 2.32. The van der Waals surface area contributed by atoms with Crippen molar-refractivity contribution in [3.05, 3.63) is 35.9 Å². The second-order valence-corrected chi connectivity index (χ2v) is 7.93. The maximum atomic E-state index is 2.32. The summed E-state index contributed by atoms with van der Waals surface area (Å²) in [6.07, 6.45) is 0. The summed E-state index contributed by atoms with van der Waals surface area (Å²) in [5.74, 6) is 0. The number of hydrogen-bond donors (Lipinski definition) is 0. The minimum atomic E-state index is -0.171. The standard InChI is InChI=1S/C7H8.3C2H5.Al/c1-7-5-3-2-4-6-7;3*1-2;/h2-6H,1H3;3*1H2,2H3;. The van der Waals surface area contributed by atoms with Gasteiger partial charge < -0.3 is 0 Å². The Morgan fingerprint density at radius 1 is 0.857 bits per heavy atom. The molecule has 78 valence electrons. The van der Waals surface area contributed by atoms with Crippen LogP contribution < -0.4 is 0 Å². The van der Waals surface area contributed by atoms with Gasteiger partial charge >= 0.3 is 0 Å². The highest BCUT2D eigenvalue weighted by atomic mass is 27.2. The van der Waals surface area contributed by atoms with E-state index in [2.05, 4.69) is 39.8 Å². The van der Waals surface area contributed by atoms with E-state index in [1.165, 1.54) is 21.4 Å². The van der Waals surface area contributed by atoms with Gasteiger partial charge in [0, 0.05) is 0 Å². The van der Waals surface area contributed by atoms with Crippen molar-refractivity contribution in [2.24, 2.45) is 0 Å². The van der Waals surface area contributed by atoms with Crippen LogP contribution in [0.25, 0.3) is 0 Å². The predicted octanol–water partition coefficient (Wildman–Crippen LogP) is 4.54. The van der Waals surface area contributed by atoms with Gasteiger partial charge in [0.1, 0.15) is 0 Å². The molecule has 0 aliphatic carbocycles. The Hall–Kier alpha value is -0.248. The molecule has 1 heteroatoms. The van der Waals surface area contributed by atoms with Gasteiger partial charge in [-0.1, -0.05) is 72.5 Å². The molecule has 0 amide bonds. The summed E-state index contributed by atoms with van der Waals surface area (Å²) >= 11 is -0.171. The fraction of sp³-hybridized carbons (Fsp3) is 0.538. The molecule has 0 N–H and O–H groups in total. The van der Waals surface area contributed by atoms with E-state index in [1.54, 1.807) is 0 Å². The van der Waals surface area contributed by atoms with Gasteiger partial charge in [0.05, 0.1) is 0 Å². The molecular formula is C13H23Al. The zero-order valence-electron chi connectivity index (χ0n) is 10.1. The molecule has 0 spiro atoms. The zero-order valence-corrected chi connectivity index (χ0v) is 11.2. The molecule has 0 radical (unpaired) electrons. The molecule has 0 aromatic heterocycles. The van der Waals surface area contributed by atoms with Crippen molar-refractivity contribution in [3.8, 4) is 0 Å². The second-order valence-electron chi connectivity index (χ2n) is 3.75. The van der Waals surface area contributed by atoms with Crippen LogP contribution in [0.1, 0.15) is 26.3 Å². The highest BCUT2D eigenvalue weighted by molar-refractivity contribution is 6.58. The smallest absolute Gasteiger partial charge is 0.0967 e. The molecule has 1 rings (SSSR count). The fourth-order valence-electron chi connectivity index (χ4n) is 1.40. The van der Waals surface area contributed by atoms with Crippen LogP contribution in [0.5, 0.6) is 0 Å². The van der Waals surface area contributed by atoms with Gasteiger partial charge in [-0.2, -0.15) is 0 Å². The van der Waals surface area contributed by atoms with Gasteiger partial charge in [0.2, 0.25) is 0 Å². The minimum absolute atomic E-state index is 0.171. The van der Waals surface area contributed by atoms with Crippen molar-refractivity contribution in [2.75, 3.05) is 0 Å². The third-order valence-corrected chi connectivity index (χ3v) is 6.14. The van der Waals surface area contributed by atoms with Gasteiger partial charge in [-0.15, -0.1) is 0 Å². The Bertz CT molecular complexity index is 196. The van der Waals surface area contributed by atoms with Crippen LogP contribution in [-0.4, -0.2) is 14.1 Å². The van der Waals surface area contributed by atoms with Gasteiger partial charge in [-0.3, -0.25) is 0 Å². The van der Waals surface area contributed by atoms with Crippen molar-refractivity contribution < 1.29 is 0 Å². The number of rotatable bonds is 3. The van der Waals surface area contributed by atoms with Crippen LogP contribution in [0.15, 0.2) is 30.3 Å². The van der Waals surface area contributed by atoms with E-state index in [0.717, 1.165) is 0 Å². The second kappa shape index (κ2) is 9.31. The van der Waals surface area contributed by atoms with Crippen LogP contribution in [0.2, 0.25) is 15.8 Å². The maximum Gasteiger partial charge on any atom is 0.261 e. The molecule has 0 saturated heterocycles. The first kappa shape index (κ1) is 13.8. The molecule has 1 aromatic rings. The molecule has 0 saturated carbocycles. The molecule has 0 aliphatic rings. The molecule has 0 fully saturated rings. The number of benzene rings is 1. The van der Waals surface area contributed by atoms with Crippen molar-refractivity contribution in [1.82, 2.24) is 0 Å². The van der Waals surface area contributed by atoms with Crippen LogP contribution in [0.3, 0.4) is 0 Å². The van der Waals surface area contributed by atoms with E-state index in [9.17, 15) is 0 Å². The summed E-state index contributed by atoms with van der Waals surface area (Å²) in [5, 5.41) is 4.48. The van der Waals surface area contributed by atoms with E-state index >= 15 is 0 Å². The van der Waals surface area contributed by atoms with Gasteiger partial charge in [0.15, 0.2) is 0 Å². The molecule has 1 aromatic carbocycles. The van der Waals surface area contributed by atoms with Crippen molar-refractivity contribution >= 4 is 14.1 Å². The first-order chi connectivity index (χ1) is 6.74. The summed E-state index contributed by atoms with van der Waals surface area (Å²) < 4.78 is 0. The molecule has 0 atom stereocenters. The summed E-state index contributed by atoms with van der Waals surface area (Å²) in [6, 6.07) is 10.3. The van der Waals surface area contributed by atoms with Crippen molar-refractivity contribution in [3.63, 3.8) is 0 Å². The Labute approximate surface area is 93.7 Å². The molecule has 0 unspecified atom stereocenters. The molecule has 14 heavy (non-hydrogen) atoms. The van der Waals surface area contributed by atoms with Crippen molar-refractivity contribution in [1.29, 1.82) is 0 Å². The van der Waals surface area contributed by atoms with Crippen molar-refractivity contribution in [2.45, 2.75) is 43.5 Å². The van der Waals surface area contributed by atoms with E-state index < -0.39 is 0 Å². The van der Waals surface area contributed by atoms with Crippen LogP contribution in [-0.2, 0) is 0 Å². The monoisotopic (exact) mass is 206 g/mol. The van der Waals surface area contributed by atoms with Gasteiger partial charge in [0.25, 0.3) is 14.1 Å². The third kappa shape index (κ3) is 7.18. The summed E-state index contributed by atoms with van der Waals surface area (Å²) in [4.78, 5) is 0. The Morgan fingerprint density at radius 3 is 1.43 bits per heavy atom. The predicted molar refractivity (Wildman–Crippen MR) is 68.4 cm³/mol. The lowest BCUT2D eigenvalue weighted by Gasteiger charge is -1.97. The Kier molecular flexibility index (Phi) is 9.15. The number of aryl methyl sites for hydroxylation is 1. The lowest BCUT2D eigenvalue weighted by molar-refractivity contribution is 1.24. The average molecular weight is 206 g/mol. The lowest BCUT2D eigenvalue weighted by atomic mass is 10.2. The summed E-state index contributed by atoms with van der Waals surface area (Å²) in [5.41, 5.74) is 1.32. The third-order valence-electron chi connectivity index (χ3n) is 2.67. The lowest BCUT2D eigenvalue weighted by Crippen LogP contribution is -2.04. The van der Waals surface area contributed by atoms with E-state index in [0.29, 0.717) is 0 Å². The average Bonchev–Trinajstić information content (AvgIpc) is 2.22. The fourth-order valence-corrected chi connectivity index (χ4v) is 3.13. The normalized spacial score (nSPS) is 8.86. The zero-order chi connectivity index (χ0) is 10.8. The molecule has 0 aliphatic heterocycles. The largest absolute Gasteiger partial charge is 0.261 e. The van der Waals surface area contributed by atoms with Crippen LogP contribution in [0, 0.1) is 6.92 Å². The van der Waals surface area contributed by atoms with Gasteiger partial charge in [-0.05, 0) is 6.92 Å². The quantitative estimate of drug-likeness (QED) is 0.637. The first-order valence-electron chi connectivity index (χ1n) is 5.76. The topological polar surface area (TPSA) is 0 Å². The minimum Gasteiger partial charge on any atom is -0.0967 e. The molecular weight excluding hydrogens is 183 g/mol. The first-order valence-corrected chi connectivity index (χ1v) is 8.21. The molecule has 0 heterocycles. The highest BCUT2D eigenvalue weighted by Crippen LogP contribution is 2.01. The highest BCUT2D eigenvalue weighted by Gasteiger charge is 2.05. The van der Waals surface area contributed by atoms with Gasteiger partial charge in [-0.25, -0.2) is 0 Å². The van der Waals surface area contributed by atoms with Crippen LogP contribution >= 0.6 is 0 Å². The van der Waals surface area contributed by atoms with E-state index in [1.807, 2.05) is 18.2 Å². The number of hydrogen-bond acceptors (Lipinski definition) is 0. The Morgan fingerprint density at radius 2 is 1.29 bits per heavy atom. The summed E-state index contributed by atoms with van der Waals surface area (Å²) in [6.45, 7) is 9.05. The Balaban J connectivity index is 0.000000241. The molecule has 0 bridgehead atoms. The van der Waals surface area contributed by atoms with E-state index in [4.69, 9.17) is 0 Å². The van der Waals surface area contributed by atoms with E-state index in [-0.39, 0.29) is 14.1 Å². The summed E-state index contributed by atoms with van der Waals surface area (Å²) in [7, 11) is 0. The molecule has 0 nitrogen and oxygen atoms in total. The SMILES string of the molecule is C[CH2][Al]([CH2]C)[CH2]C.Cc1ccccc1.